The lowest BCUT2D eigenvalue weighted by atomic mass is 10.1. The number of nitrogens with two attached hydrogens (primary N) is 3. The number of fused-ring (bicyclic) bond motifs is 1. The molecule has 0 bridgehead atoms. The van der Waals surface area contributed by atoms with E-state index in [1.165, 1.54) is 12.1 Å². The minimum absolute atomic E-state index is 0.0129. The van der Waals surface area contributed by atoms with Crippen molar-refractivity contribution >= 4 is 29.3 Å². The first-order valence-electron chi connectivity index (χ1n) is 13.5. The van der Waals surface area contributed by atoms with Crippen LogP contribution in [0.15, 0.2) is 47.5 Å². The van der Waals surface area contributed by atoms with Gasteiger partial charge in [-0.3, -0.25) is 9.79 Å². The van der Waals surface area contributed by atoms with Crippen LogP contribution in [0.25, 0.3) is 0 Å². The summed E-state index contributed by atoms with van der Waals surface area (Å²) in [6.45, 7) is 5.58. The summed E-state index contributed by atoms with van der Waals surface area (Å²) in [4.78, 5) is 27.3. The summed E-state index contributed by atoms with van der Waals surface area (Å²) in [5.74, 6) is -1.61. The van der Waals surface area contributed by atoms with Gasteiger partial charge in [0.2, 0.25) is 0 Å². The lowest BCUT2D eigenvalue weighted by Crippen LogP contribution is -2.34. The lowest BCUT2D eigenvalue weighted by Gasteiger charge is -2.31. The molecule has 226 valence electrons. The van der Waals surface area contributed by atoms with Crippen LogP contribution in [-0.4, -0.2) is 79.6 Å². The zero-order valence-corrected chi connectivity index (χ0v) is 23.3. The summed E-state index contributed by atoms with van der Waals surface area (Å²) in [7, 11) is 0. The molecule has 0 unspecified atom stereocenters. The summed E-state index contributed by atoms with van der Waals surface area (Å²) in [5.41, 5.74) is 18.2. The van der Waals surface area contributed by atoms with Crippen LogP contribution in [0.4, 0.5) is 15.8 Å². The largest absolute Gasteiger partial charge is 0.489 e. The molecule has 0 saturated heterocycles. The van der Waals surface area contributed by atoms with E-state index in [4.69, 9.17) is 31.8 Å². The van der Waals surface area contributed by atoms with Gasteiger partial charge in [-0.05, 0) is 56.0 Å². The quantitative estimate of drug-likeness (QED) is 0.103. The van der Waals surface area contributed by atoms with Gasteiger partial charge in [-0.1, -0.05) is 12.1 Å². The third-order valence-corrected chi connectivity index (χ3v) is 6.12. The van der Waals surface area contributed by atoms with Gasteiger partial charge in [0.25, 0.3) is 0 Å². The number of aliphatic carboxylic acids is 2. The lowest BCUT2D eigenvalue weighted by molar-refractivity contribution is -0.150. The number of carbonyl (C=O) groups is 2. The number of hydrogen-bond acceptors (Lipinski definition) is 8. The van der Waals surface area contributed by atoms with Crippen LogP contribution in [-0.2, 0) is 20.7 Å². The number of aliphatic imine (C=N–C) groups is 1. The molecule has 1 aliphatic rings. The summed E-state index contributed by atoms with van der Waals surface area (Å²) >= 11 is 0. The predicted octanol–water partition coefficient (Wildman–Crippen LogP) is 2.01. The smallest absolute Gasteiger partial charge is 0.333 e. The van der Waals surface area contributed by atoms with Crippen LogP contribution in [0.5, 0.6) is 5.75 Å². The van der Waals surface area contributed by atoms with Crippen molar-refractivity contribution in [1.29, 1.82) is 0 Å². The van der Waals surface area contributed by atoms with Crippen molar-refractivity contribution < 1.29 is 33.7 Å². The summed E-state index contributed by atoms with van der Waals surface area (Å²) in [6, 6.07) is 11.6. The monoisotopic (exact) mass is 576 g/mol. The molecule has 0 aromatic heterocycles. The van der Waals surface area contributed by atoms with Crippen molar-refractivity contribution in [3.05, 3.63) is 53.8 Å². The number of guanidine groups is 1. The van der Waals surface area contributed by atoms with Gasteiger partial charge in [-0.25, -0.2) is 9.18 Å². The Morgan fingerprint density at radius 3 is 2.51 bits per heavy atom. The molecule has 0 radical (unpaired) electrons. The van der Waals surface area contributed by atoms with Crippen molar-refractivity contribution in [1.82, 2.24) is 0 Å². The highest BCUT2D eigenvalue weighted by atomic mass is 19.1. The van der Waals surface area contributed by atoms with E-state index in [0.29, 0.717) is 44.8 Å². The van der Waals surface area contributed by atoms with E-state index in [1.54, 1.807) is 13.0 Å². The van der Waals surface area contributed by atoms with Gasteiger partial charge in [-0.2, -0.15) is 0 Å². The fraction of sp³-hybridized carbons (Fsp3) is 0.464. The molecule has 12 nitrogen and oxygen atoms in total. The number of nitrogens with zero attached hydrogens (tertiary/aromatic N) is 2. The van der Waals surface area contributed by atoms with E-state index in [1.807, 2.05) is 24.3 Å². The Bertz CT molecular complexity index is 1130. The maximum Gasteiger partial charge on any atom is 0.333 e. The highest BCUT2D eigenvalue weighted by molar-refractivity contribution is 5.75. The molecule has 9 N–H and O–H groups in total. The SMILES string of the molecule is CCO[C@@H](Cc1ccc(NCCCN2CCOc3cc(F)ccc32)cc1)C(=O)O.NC(N)=NCCC[C@H](N)C(=O)O. The average molecular weight is 577 g/mol. The van der Waals surface area contributed by atoms with Gasteiger partial charge < -0.3 is 47.1 Å². The van der Waals surface area contributed by atoms with Crippen LogP contribution in [0.1, 0.15) is 31.7 Å². The number of nitrogens with one attached hydrogen (secondary N) is 1. The number of rotatable bonds is 15. The second-order valence-corrected chi connectivity index (χ2v) is 9.30. The van der Waals surface area contributed by atoms with Crippen LogP contribution >= 0.6 is 0 Å². The molecule has 13 heteroatoms. The summed E-state index contributed by atoms with van der Waals surface area (Å²) < 4.78 is 24.1. The van der Waals surface area contributed by atoms with E-state index in [9.17, 15) is 19.1 Å². The van der Waals surface area contributed by atoms with Gasteiger partial charge in [0, 0.05) is 44.4 Å². The van der Waals surface area contributed by atoms with Crippen LogP contribution < -0.4 is 32.2 Å². The van der Waals surface area contributed by atoms with Gasteiger partial charge in [-0.15, -0.1) is 0 Å². The molecule has 0 aliphatic carbocycles. The first kappa shape index (κ1) is 33.1. The van der Waals surface area contributed by atoms with Crippen molar-refractivity contribution in [2.75, 3.05) is 49.6 Å². The number of carboxylic acid groups (broad SMARTS) is 2. The fourth-order valence-electron chi connectivity index (χ4n) is 4.02. The molecular formula is C28H41FN6O6. The van der Waals surface area contributed by atoms with Crippen LogP contribution in [0.3, 0.4) is 0 Å². The van der Waals surface area contributed by atoms with Gasteiger partial charge in [0.15, 0.2) is 12.1 Å². The molecule has 1 aliphatic heterocycles. The van der Waals surface area contributed by atoms with Crippen molar-refractivity contribution in [2.45, 2.75) is 44.8 Å². The zero-order valence-electron chi connectivity index (χ0n) is 23.3. The molecule has 0 spiro atoms. The Hall–Kier alpha value is -4.10. The second-order valence-electron chi connectivity index (χ2n) is 9.30. The fourth-order valence-corrected chi connectivity index (χ4v) is 4.02. The maximum atomic E-state index is 13.3. The predicted molar refractivity (Wildman–Crippen MR) is 156 cm³/mol. The molecule has 0 saturated carbocycles. The summed E-state index contributed by atoms with van der Waals surface area (Å²) in [5, 5.41) is 20.9. The Morgan fingerprint density at radius 2 is 1.88 bits per heavy atom. The molecule has 3 rings (SSSR count). The van der Waals surface area contributed by atoms with E-state index in [2.05, 4.69) is 15.2 Å². The van der Waals surface area contributed by atoms with Crippen molar-refractivity contribution in [3.63, 3.8) is 0 Å². The number of benzene rings is 2. The Kier molecular flexibility index (Phi) is 14.2. The minimum atomic E-state index is -1.00. The number of ether oxygens (including phenoxy) is 2. The van der Waals surface area contributed by atoms with E-state index >= 15 is 0 Å². The van der Waals surface area contributed by atoms with Crippen molar-refractivity contribution in [3.8, 4) is 5.75 Å². The normalized spacial score (nSPS) is 13.5. The highest BCUT2D eigenvalue weighted by Crippen LogP contribution is 2.32. The Balaban J connectivity index is 0.000000415. The van der Waals surface area contributed by atoms with Crippen LogP contribution in [0, 0.1) is 5.82 Å². The molecular weight excluding hydrogens is 535 g/mol. The molecule has 2 aromatic rings. The molecule has 2 aromatic carbocycles. The molecule has 1 heterocycles. The molecule has 0 amide bonds. The topological polar surface area (TPSA) is 199 Å². The number of hydrogen-bond donors (Lipinski definition) is 6. The second kappa shape index (κ2) is 17.6. The van der Waals surface area contributed by atoms with Gasteiger partial charge >= 0.3 is 11.9 Å². The maximum absolute atomic E-state index is 13.3. The number of anilines is 2. The minimum Gasteiger partial charge on any atom is -0.489 e. The Morgan fingerprint density at radius 1 is 1.15 bits per heavy atom. The third-order valence-electron chi connectivity index (χ3n) is 6.12. The standard InChI is InChI=1S/C22H27FN2O4.C6H14N4O2/c1-2-28-21(22(26)27)14-16-4-7-18(8-5-16)24-10-3-11-25-12-13-29-20-15-17(23)6-9-19(20)25;7-4(5(11)12)2-1-3-10-6(8)9/h4-9,15,21,24H,2-3,10-14H2,1H3,(H,26,27);4H,1-3,7H2,(H,11,12)(H4,8,9,10)/t21-;4-/m00/s1. The van der Waals surface area contributed by atoms with Gasteiger partial charge in [0.05, 0.1) is 12.2 Å². The van der Waals surface area contributed by atoms with E-state index in [0.717, 1.165) is 43.0 Å². The third kappa shape index (κ3) is 12.3. The highest BCUT2D eigenvalue weighted by Gasteiger charge is 2.19. The van der Waals surface area contributed by atoms with E-state index < -0.39 is 24.1 Å². The molecule has 2 atom stereocenters. The Labute approximate surface area is 239 Å². The number of halogens is 1. The van der Waals surface area contributed by atoms with Crippen LogP contribution in [0.2, 0.25) is 0 Å². The first-order chi connectivity index (χ1) is 19.6. The average Bonchev–Trinajstić information content (AvgIpc) is 2.93. The van der Waals surface area contributed by atoms with Crippen molar-refractivity contribution in [2.24, 2.45) is 22.2 Å². The number of carboxylic acids is 2. The summed E-state index contributed by atoms with van der Waals surface area (Å²) in [6.07, 6.45) is 1.41. The first-order valence-corrected chi connectivity index (χ1v) is 13.5. The van der Waals surface area contributed by atoms with Gasteiger partial charge in [0.1, 0.15) is 24.2 Å². The van der Waals surface area contributed by atoms with E-state index in [-0.39, 0.29) is 11.8 Å². The molecule has 0 fully saturated rings. The molecule has 41 heavy (non-hydrogen) atoms. The zero-order chi connectivity index (χ0) is 30.2.